The van der Waals surface area contributed by atoms with Crippen molar-refractivity contribution in [1.29, 1.82) is 0 Å². The van der Waals surface area contributed by atoms with E-state index < -0.39 is 5.97 Å². The van der Waals surface area contributed by atoms with E-state index in [1.165, 1.54) is 10.7 Å². The Morgan fingerprint density at radius 3 is 2.21 bits per heavy atom. The zero-order valence-electron chi connectivity index (χ0n) is 18.1. The second-order valence-electron chi connectivity index (χ2n) is 7.79. The number of carboxylic acids is 1. The van der Waals surface area contributed by atoms with Crippen LogP contribution in [0.1, 0.15) is 12.2 Å². The number of aromatic nitrogens is 4. The SMILES string of the molecule is O=C(O)CCc1nc(-n2nc(-c3ccc(-c4ccccc4)cc3)ccc2=O)c2ccccc2n1. The predicted molar refractivity (Wildman–Crippen MR) is 130 cm³/mol. The molecule has 0 unspecified atom stereocenters. The molecular weight excluding hydrogens is 428 g/mol. The van der Waals surface area contributed by atoms with Crippen LogP contribution in [0.15, 0.2) is 95.8 Å². The second-order valence-corrected chi connectivity index (χ2v) is 7.79. The maximum Gasteiger partial charge on any atom is 0.303 e. The second kappa shape index (κ2) is 9.07. The molecule has 1 N–H and O–H groups in total. The summed E-state index contributed by atoms with van der Waals surface area (Å²) < 4.78 is 1.26. The Hall–Kier alpha value is -4.65. The van der Waals surface area contributed by atoms with Gasteiger partial charge in [-0.15, -0.1) is 0 Å². The van der Waals surface area contributed by atoms with Gasteiger partial charge in [-0.25, -0.2) is 9.97 Å². The topological polar surface area (TPSA) is 98.0 Å². The number of hydrogen-bond donors (Lipinski definition) is 1. The van der Waals surface area contributed by atoms with Gasteiger partial charge in [-0.2, -0.15) is 9.78 Å². The number of fused-ring (bicyclic) bond motifs is 1. The number of rotatable bonds is 6. The zero-order chi connectivity index (χ0) is 23.5. The van der Waals surface area contributed by atoms with Gasteiger partial charge < -0.3 is 5.11 Å². The highest BCUT2D eigenvalue weighted by Crippen LogP contribution is 2.24. The summed E-state index contributed by atoms with van der Waals surface area (Å²) in [6.45, 7) is 0. The van der Waals surface area contributed by atoms with Crippen molar-refractivity contribution in [3.63, 3.8) is 0 Å². The highest BCUT2D eigenvalue weighted by atomic mass is 16.4. The molecule has 2 aromatic heterocycles. The minimum absolute atomic E-state index is 0.103. The van der Waals surface area contributed by atoms with Crippen molar-refractivity contribution in [2.45, 2.75) is 12.8 Å². The van der Waals surface area contributed by atoms with Crippen LogP contribution >= 0.6 is 0 Å². The normalized spacial score (nSPS) is 10.9. The van der Waals surface area contributed by atoms with E-state index in [2.05, 4.69) is 27.2 Å². The Balaban J connectivity index is 1.58. The molecule has 0 aliphatic heterocycles. The number of carboxylic acid groups (broad SMARTS) is 1. The summed E-state index contributed by atoms with van der Waals surface area (Å²) in [5.41, 5.74) is 3.97. The minimum Gasteiger partial charge on any atom is -0.481 e. The van der Waals surface area contributed by atoms with E-state index in [-0.39, 0.29) is 18.4 Å². The largest absolute Gasteiger partial charge is 0.481 e. The summed E-state index contributed by atoms with van der Waals surface area (Å²) in [6.07, 6.45) is 0.0521. The van der Waals surface area contributed by atoms with Gasteiger partial charge >= 0.3 is 5.97 Å². The average Bonchev–Trinajstić information content (AvgIpc) is 2.88. The Morgan fingerprint density at radius 1 is 0.765 bits per heavy atom. The van der Waals surface area contributed by atoms with Gasteiger partial charge in [0.25, 0.3) is 5.56 Å². The number of aliphatic carboxylic acids is 1. The molecule has 166 valence electrons. The van der Waals surface area contributed by atoms with Crippen molar-refractivity contribution < 1.29 is 9.90 Å². The van der Waals surface area contributed by atoms with Gasteiger partial charge in [0.05, 0.1) is 17.6 Å². The molecule has 3 aromatic carbocycles. The maximum absolute atomic E-state index is 12.8. The molecule has 5 rings (SSSR count). The van der Waals surface area contributed by atoms with Gasteiger partial charge in [0.2, 0.25) is 0 Å². The van der Waals surface area contributed by atoms with Crippen LogP contribution in [0.4, 0.5) is 0 Å². The molecular formula is C27H20N4O3. The molecule has 0 saturated heterocycles. The summed E-state index contributed by atoms with van der Waals surface area (Å²) in [7, 11) is 0. The molecule has 0 amide bonds. The fraction of sp³-hybridized carbons (Fsp3) is 0.0741. The number of carbonyl (C=O) groups is 1. The lowest BCUT2D eigenvalue weighted by Gasteiger charge is -2.11. The van der Waals surface area contributed by atoms with E-state index in [0.29, 0.717) is 28.2 Å². The average molecular weight is 448 g/mol. The van der Waals surface area contributed by atoms with Crippen molar-refractivity contribution in [3.8, 4) is 28.2 Å². The van der Waals surface area contributed by atoms with E-state index in [1.54, 1.807) is 6.07 Å². The Bertz CT molecular complexity index is 1540. The first-order valence-corrected chi connectivity index (χ1v) is 10.8. The Labute approximate surface area is 195 Å². The summed E-state index contributed by atoms with van der Waals surface area (Å²) in [6, 6.07) is 28.5. The molecule has 0 saturated carbocycles. The summed E-state index contributed by atoms with van der Waals surface area (Å²) >= 11 is 0. The lowest BCUT2D eigenvalue weighted by molar-refractivity contribution is -0.137. The van der Waals surface area contributed by atoms with E-state index in [0.717, 1.165) is 16.7 Å². The monoisotopic (exact) mass is 448 g/mol. The molecule has 0 radical (unpaired) electrons. The molecule has 34 heavy (non-hydrogen) atoms. The Kier molecular flexibility index (Phi) is 5.66. The highest BCUT2D eigenvalue weighted by Gasteiger charge is 2.14. The zero-order valence-corrected chi connectivity index (χ0v) is 18.1. The molecule has 0 bridgehead atoms. The van der Waals surface area contributed by atoms with E-state index in [1.807, 2.05) is 66.7 Å². The summed E-state index contributed by atoms with van der Waals surface area (Å²) in [5, 5.41) is 14.3. The molecule has 2 heterocycles. The first-order valence-electron chi connectivity index (χ1n) is 10.8. The van der Waals surface area contributed by atoms with E-state index >= 15 is 0 Å². The van der Waals surface area contributed by atoms with Crippen LogP contribution in [0, 0.1) is 0 Å². The molecule has 0 aliphatic rings. The lowest BCUT2D eigenvalue weighted by Crippen LogP contribution is -2.22. The van der Waals surface area contributed by atoms with Gasteiger partial charge in [-0.1, -0.05) is 66.7 Å². The van der Waals surface area contributed by atoms with Gasteiger partial charge in [0.15, 0.2) is 5.82 Å². The van der Waals surface area contributed by atoms with E-state index in [9.17, 15) is 9.59 Å². The third-order valence-corrected chi connectivity index (χ3v) is 5.48. The van der Waals surface area contributed by atoms with Crippen molar-refractivity contribution in [1.82, 2.24) is 19.7 Å². The molecule has 7 nitrogen and oxygen atoms in total. The van der Waals surface area contributed by atoms with Crippen molar-refractivity contribution in [3.05, 3.63) is 107 Å². The maximum atomic E-state index is 12.8. The summed E-state index contributed by atoms with van der Waals surface area (Å²) in [4.78, 5) is 32.8. The fourth-order valence-electron chi connectivity index (χ4n) is 3.78. The predicted octanol–water partition coefficient (Wildman–Crippen LogP) is 4.53. The molecule has 0 aliphatic carbocycles. The van der Waals surface area contributed by atoms with Crippen LogP contribution in [0.5, 0.6) is 0 Å². The van der Waals surface area contributed by atoms with Gasteiger partial charge in [0.1, 0.15) is 5.82 Å². The molecule has 0 atom stereocenters. The van der Waals surface area contributed by atoms with Crippen molar-refractivity contribution in [2.75, 3.05) is 0 Å². The van der Waals surface area contributed by atoms with Crippen LogP contribution < -0.4 is 5.56 Å². The fourth-order valence-corrected chi connectivity index (χ4v) is 3.78. The van der Waals surface area contributed by atoms with Crippen LogP contribution in [-0.2, 0) is 11.2 Å². The molecule has 5 aromatic rings. The molecule has 0 spiro atoms. The van der Waals surface area contributed by atoms with Gasteiger partial charge in [-0.3, -0.25) is 9.59 Å². The van der Waals surface area contributed by atoms with E-state index in [4.69, 9.17) is 5.11 Å². The minimum atomic E-state index is -0.936. The number of benzene rings is 3. The first-order chi connectivity index (χ1) is 16.6. The van der Waals surface area contributed by atoms with Crippen LogP contribution in [0.25, 0.3) is 39.1 Å². The van der Waals surface area contributed by atoms with Crippen LogP contribution in [-0.4, -0.2) is 30.8 Å². The Morgan fingerprint density at radius 2 is 1.44 bits per heavy atom. The third-order valence-electron chi connectivity index (χ3n) is 5.48. The quantitative estimate of drug-likeness (QED) is 0.410. The molecule has 0 fully saturated rings. The smallest absolute Gasteiger partial charge is 0.303 e. The van der Waals surface area contributed by atoms with Crippen LogP contribution in [0.3, 0.4) is 0 Å². The van der Waals surface area contributed by atoms with Gasteiger partial charge in [0, 0.05) is 23.4 Å². The highest BCUT2D eigenvalue weighted by molar-refractivity contribution is 5.85. The van der Waals surface area contributed by atoms with Gasteiger partial charge in [-0.05, 0) is 29.3 Å². The van der Waals surface area contributed by atoms with Crippen LogP contribution in [0.2, 0.25) is 0 Å². The third kappa shape index (κ3) is 4.31. The van der Waals surface area contributed by atoms with Crippen molar-refractivity contribution >= 4 is 16.9 Å². The number of aryl methyl sites for hydroxylation is 1. The number of hydrogen-bond acceptors (Lipinski definition) is 5. The van der Waals surface area contributed by atoms with Crippen molar-refractivity contribution in [2.24, 2.45) is 0 Å². The number of para-hydroxylation sites is 1. The first kappa shape index (κ1) is 21.2. The number of nitrogens with zero attached hydrogens (tertiary/aromatic N) is 4. The summed E-state index contributed by atoms with van der Waals surface area (Å²) in [5.74, 6) is -0.254. The standard InChI is InChI=1S/C27H20N4O3/c32-25-16-14-22(20-12-10-19(11-13-20)18-6-2-1-3-7-18)30-31(25)27-21-8-4-5-9-23(21)28-24(29-27)15-17-26(33)34/h1-14,16H,15,17H2,(H,33,34). The lowest BCUT2D eigenvalue weighted by atomic mass is 10.0. The molecule has 7 heteroatoms.